The molecular weight excluding hydrogens is 500 g/mol. The van der Waals surface area contributed by atoms with E-state index in [-0.39, 0.29) is 40.3 Å². The molecule has 5 aliphatic carbocycles. The third kappa shape index (κ3) is 3.04. The molecule has 0 aliphatic heterocycles. The van der Waals surface area contributed by atoms with E-state index in [2.05, 4.69) is 50.8 Å². The van der Waals surface area contributed by atoms with Gasteiger partial charge in [-0.1, -0.05) is 54.5 Å². The molecule has 3 saturated carbocycles. The summed E-state index contributed by atoms with van der Waals surface area (Å²) >= 11 is 0. The van der Waals surface area contributed by atoms with Crippen molar-refractivity contribution in [1.29, 1.82) is 5.26 Å². The number of hydrogen-bond donors (Lipinski definition) is 1. The van der Waals surface area contributed by atoms with Crippen LogP contribution in [0.2, 0.25) is 0 Å². The summed E-state index contributed by atoms with van der Waals surface area (Å²) in [5, 5.41) is 27.5. The molecule has 214 valence electrons. The van der Waals surface area contributed by atoms with Crippen molar-refractivity contribution in [3.05, 3.63) is 36.0 Å². The van der Waals surface area contributed by atoms with Gasteiger partial charge in [-0.05, 0) is 78.8 Å². The highest BCUT2D eigenvalue weighted by atomic mass is 16.3. The topological polar surface area (TPSA) is 109 Å². The maximum Gasteiger partial charge on any atom is 0.188 e. The Bertz CT molecular complexity index is 1390. The van der Waals surface area contributed by atoms with E-state index in [9.17, 15) is 20.0 Å². The van der Waals surface area contributed by atoms with Crippen molar-refractivity contribution in [2.24, 2.45) is 50.7 Å². The van der Waals surface area contributed by atoms with Gasteiger partial charge in [0.2, 0.25) is 0 Å². The number of nitrogens with zero attached hydrogens (tertiary/aromatic N) is 4. The number of allylic oxidation sites excluding steroid dienone is 3. The predicted octanol–water partition coefficient (Wildman–Crippen LogP) is 5.47. The van der Waals surface area contributed by atoms with Crippen molar-refractivity contribution in [3.63, 3.8) is 0 Å². The summed E-state index contributed by atoms with van der Waals surface area (Å²) in [7, 11) is 0. The first-order valence-electron chi connectivity index (χ1n) is 15.1. The lowest BCUT2D eigenvalue weighted by Gasteiger charge is -2.72. The highest BCUT2D eigenvalue weighted by Gasteiger charge is 2.76. The zero-order valence-corrected chi connectivity index (χ0v) is 25.1. The minimum atomic E-state index is -1.52. The molecule has 1 unspecified atom stereocenters. The van der Waals surface area contributed by atoms with Gasteiger partial charge < -0.3 is 5.11 Å². The van der Waals surface area contributed by atoms with Gasteiger partial charge in [0.05, 0.1) is 5.57 Å². The Hall–Kier alpha value is -2.59. The smallest absolute Gasteiger partial charge is 0.188 e. The normalized spacial score (nSPS) is 47.6. The Morgan fingerprint density at radius 1 is 1.07 bits per heavy atom. The van der Waals surface area contributed by atoms with Gasteiger partial charge in [-0.3, -0.25) is 14.3 Å². The average molecular weight is 545 g/mol. The first-order chi connectivity index (χ1) is 18.6. The van der Waals surface area contributed by atoms with Gasteiger partial charge in [0, 0.05) is 28.7 Å². The molecule has 6 rings (SSSR count). The van der Waals surface area contributed by atoms with Crippen LogP contribution in [0.4, 0.5) is 0 Å². The van der Waals surface area contributed by atoms with Gasteiger partial charge in [-0.2, -0.15) is 10.4 Å². The Kier molecular flexibility index (Phi) is 5.68. The first kappa shape index (κ1) is 27.6. The number of nitriles is 1. The van der Waals surface area contributed by atoms with Gasteiger partial charge in [-0.25, -0.2) is 4.98 Å². The van der Waals surface area contributed by atoms with E-state index in [0.29, 0.717) is 12.5 Å². The third-order valence-corrected chi connectivity index (χ3v) is 13.5. The van der Waals surface area contributed by atoms with Crippen LogP contribution in [0.15, 0.2) is 36.0 Å². The number of Topliss-reactive ketones (excluding diaryl/α,β-unsaturated/α-hetero) is 1. The molecule has 0 saturated heterocycles. The fourth-order valence-electron chi connectivity index (χ4n) is 11.0. The molecule has 3 fully saturated rings. The predicted molar refractivity (Wildman–Crippen MR) is 150 cm³/mol. The maximum atomic E-state index is 14.7. The number of aliphatic hydroxyl groups is 1. The molecule has 1 aromatic heterocycles. The van der Waals surface area contributed by atoms with Crippen LogP contribution in [0.25, 0.3) is 0 Å². The molecule has 0 aromatic carbocycles. The van der Waals surface area contributed by atoms with E-state index in [1.807, 2.05) is 24.6 Å². The summed E-state index contributed by atoms with van der Waals surface area (Å²) in [6, 6.07) is 2.17. The molecule has 1 heterocycles. The van der Waals surface area contributed by atoms with Gasteiger partial charge in [-0.15, -0.1) is 0 Å². The first-order valence-corrected chi connectivity index (χ1v) is 15.1. The lowest BCUT2D eigenvalue weighted by molar-refractivity contribution is -0.255. The molecule has 0 bridgehead atoms. The zero-order chi connectivity index (χ0) is 29.1. The molecule has 0 amide bonds. The molecule has 7 nitrogen and oxygen atoms in total. The second kappa shape index (κ2) is 8.25. The Labute approximate surface area is 238 Å². The number of ketones is 2. The lowest BCUT2D eigenvalue weighted by Crippen LogP contribution is -2.75. The van der Waals surface area contributed by atoms with Crippen LogP contribution in [0, 0.1) is 62.1 Å². The van der Waals surface area contributed by atoms with Crippen LogP contribution in [0.1, 0.15) is 87.0 Å². The Balaban J connectivity index is 1.56. The zero-order valence-electron chi connectivity index (χ0n) is 25.1. The van der Waals surface area contributed by atoms with E-state index in [4.69, 9.17) is 0 Å². The number of hydrogen-bond acceptors (Lipinski definition) is 6. The molecule has 9 atom stereocenters. The molecule has 5 aliphatic rings. The van der Waals surface area contributed by atoms with E-state index in [0.717, 1.165) is 44.1 Å². The van der Waals surface area contributed by atoms with Crippen LogP contribution < -0.4 is 0 Å². The van der Waals surface area contributed by atoms with Crippen LogP contribution >= 0.6 is 0 Å². The lowest BCUT2D eigenvalue weighted by atomic mass is 9.32. The highest BCUT2D eigenvalue weighted by molar-refractivity contribution is 6.05. The SMILES string of the molecule is C[C@H]1[C@H](C)CC[C@]2(Cn3cncn3)CC[C@]3(C)C(O)(C(=O)C=C4[C@@]5(C)C=C(C#N)C(=O)C(C)(C)[C@@H]5CC[C@]43C)[C@H]12. The van der Waals surface area contributed by atoms with Crippen molar-refractivity contribution in [2.75, 3.05) is 0 Å². The minimum absolute atomic E-state index is 0.0184. The molecule has 1 N–H and O–H groups in total. The molecule has 0 spiro atoms. The van der Waals surface area contributed by atoms with Crippen molar-refractivity contribution in [1.82, 2.24) is 14.8 Å². The number of aromatic nitrogens is 3. The Morgan fingerprint density at radius 3 is 2.45 bits per heavy atom. The van der Waals surface area contributed by atoms with Gasteiger partial charge in [0.25, 0.3) is 0 Å². The summed E-state index contributed by atoms with van der Waals surface area (Å²) in [5.41, 5.74) is -3.06. The monoisotopic (exact) mass is 544 g/mol. The van der Waals surface area contributed by atoms with Crippen LogP contribution in [0.3, 0.4) is 0 Å². The van der Waals surface area contributed by atoms with E-state index in [1.54, 1.807) is 18.7 Å². The molecule has 40 heavy (non-hydrogen) atoms. The van der Waals surface area contributed by atoms with Gasteiger partial charge >= 0.3 is 0 Å². The largest absolute Gasteiger partial charge is 0.381 e. The van der Waals surface area contributed by atoms with E-state index < -0.39 is 27.3 Å². The quantitative estimate of drug-likeness (QED) is 0.529. The van der Waals surface area contributed by atoms with Crippen molar-refractivity contribution >= 4 is 11.6 Å². The van der Waals surface area contributed by atoms with Crippen LogP contribution in [-0.4, -0.2) is 37.0 Å². The fourth-order valence-corrected chi connectivity index (χ4v) is 11.0. The number of carbonyl (C=O) groups excluding carboxylic acids is 2. The number of carbonyl (C=O) groups is 2. The van der Waals surface area contributed by atoms with Crippen molar-refractivity contribution in [3.8, 4) is 6.07 Å². The third-order valence-electron chi connectivity index (χ3n) is 13.5. The summed E-state index contributed by atoms with van der Waals surface area (Å²) < 4.78 is 1.89. The minimum Gasteiger partial charge on any atom is -0.381 e. The van der Waals surface area contributed by atoms with Gasteiger partial charge in [0.1, 0.15) is 24.3 Å². The Morgan fingerprint density at radius 2 is 1.80 bits per heavy atom. The number of fused-ring (bicyclic) bond motifs is 7. The maximum absolute atomic E-state index is 14.7. The van der Waals surface area contributed by atoms with Gasteiger partial charge in [0.15, 0.2) is 11.6 Å². The fraction of sp³-hybridized carbons (Fsp3) is 0.727. The van der Waals surface area contributed by atoms with Crippen molar-refractivity contribution < 1.29 is 14.7 Å². The average Bonchev–Trinajstić information content (AvgIpc) is 3.40. The summed E-state index contributed by atoms with van der Waals surface area (Å²) in [5.74, 6) is 0.0224. The molecule has 7 heteroatoms. The van der Waals surface area contributed by atoms with E-state index >= 15 is 0 Å². The standard InChI is InChI=1S/C33H44N4O3/c1-20-8-11-32(17-37-19-35-18-36-37)13-12-31(7)30(6)10-9-23-28(3,4)27(39)22(16-34)15-29(23,5)24(30)14-25(38)33(31,40)26(32)21(20)2/h14-15,18-21,23,26,40H,8-13,17H2,1-7H3/t20-,21+,23+,26-,29+,30-,31+,32-,33?/m1/s1. The summed E-state index contributed by atoms with van der Waals surface area (Å²) in [6.07, 6.45) is 12.2. The second-order valence-corrected chi connectivity index (χ2v) is 15.3. The van der Waals surface area contributed by atoms with Crippen molar-refractivity contribution in [2.45, 2.75) is 99.1 Å². The molecular formula is C33H44N4O3. The van der Waals surface area contributed by atoms with Crippen LogP contribution in [0.5, 0.6) is 0 Å². The molecule has 1 aromatic rings. The second-order valence-electron chi connectivity index (χ2n) is 15.3. The number of rotatable bonds is 2. The van der Waals surface area contributed by atoms with Crippen LogP contribution in [-0.2, 0) is 16.1 Å². The summed E-state index contributed by atoms with van der Waals surface area (Å²) in [4.78, 5) is 32.2. The van der Waals surface area contributed by atoms with E-state index in [1.165, 1.54) is 0 Å². The highest BCUT2D eigenvalue weighted by Crippen LogP contribution is 2.75. The summed E-state index contributed by atoms with van der Waals surface area (Å²) in [6.45, 7) is 15.6. The molecule has 0 radical (unpaired) electrons.